The minimum absolute atomic E-state index is 0.362. The van der Waals surface area contributed by atoms with E-state index in [1.165, 1.54) is 11.3 Å². The molecule has 0 aliphatic carbocycles. The lowest BCUT2D eigenvalue weighted by Crippen LogP contribution is -2.52. The number of carbonyl (C=O) groups is 2. The van der Waals surface area contributed by atoms with Gasteiger partial charge in [-0.2, -0.15) is 5.01 Å². The highest BCUT2D eigenvalue weighted by Crippen LogP contribution is 2.27. The standard InChI is InChI=1S/C21H23N5O2S/c1-3-13-22-19(27)25-26(20(28)23-17-7-5-4-6-8-17)21-24-18(14-29-21)16-11-9-15(2)10-12-16/h4-12,14H,3,13H2,1-2H3,(H,23,28)(H2,22,25,27). The van der Waals surface area contributed by atoms with Gasteiger partial charge in [-0.25, -0.2) is 20.0 Å². The first-order valence-corrected chi connectivity index (χ1v) is 10.2. The molecule has 8 heteroatoms. The van der Waals surface area contributed by atoms with Crippen LogP contribution in [0.4, 0.5) is 20.4 Å². The van der Waals surface area contributed by atoms with E-state index in [0.717, 1.165) is 28.3 Å². The second kappa shape index (κ2) is 9.70. The van der Waals surface area contributed by atoms with Crippen molar-refractivity contribution < 1.29 is 9.59 Å². The number of benzene rings is 2. The summed E-state index contributed by atoms with van der Waals surface area (Å²) in [5.74, 6) is 0. The van der Waals surface area contributed by atoms with Crippen LogP contribution in [0.2, 0.25) is 0 Å². The zero-order chi connectivity index (χ0) is 20.6. The lowest BCUT2D eigenvalue weighted by molar-refractivity contribution is 0.235. The van der Waals surface area contributed by atoms with Crippen molar-refractivity contribution in [2.75, 3.05) is 16.9 Å². The van der Waals surface area contributed by atoms with E-state index in [9.17, 15) is 9.59 Å². The van der Waals surface area contributed by atoms with Crippen molar-refractivity contribution in [3.05, 3.63) is 65.5 Å². The van der Waals surface area contributed by atoms with Crippen LogP contribution in [0.1, 0.15) is 18.9 Å². The molecule has 4 amide bonds. The molecule has 0 saturated carbocycles. The molecule has 1 aromatic heterocycles. The maximum atomic E-state index is 12.9. The Balaban J connectivity index is 1.83. The number of amides is 4. The van der Waals surface area contributed by atoms with Crippen LogP contribution in [0.5, 0.6) is 0 Å². The van der Waals surface area contributed by atoms with E-state index >= 15 is 0 Å². The van der Waals surface area contributed by atoms with Crippen molar-refractivity contribution in [3.63, 3.8) is 0 Å². The topological polar surface area (TPSA) is 86.4 Å². The van der Waals surface area contributed by atoms with Crippen molar-refractivity contribution in [2.24, 2.45) is 0 Å². The van der Waals surface area contributed by atoms with Gasteiger partial charge < -0.3 is 10.6 Å². The molecular weight excluding hydrogens is 386 g/mol. The molecule has 0 saturated heterocycles. The summed E-state index contributed by atoms with van der Waals surface area (Å²) in [4.78, 5) is 29.6. The number of anilines is 2. The SMILES string of the molecule is CCCNC(=O)NN(C(=O)Nc1ccccc1)c1nc(-c2ccc(C)cc2)cs1. The number of hydrogen-bond donors (Lipinski definition) is 3. The summed E-state index contributed by atoms with van der Waals surface area (Å²) in [5.41, 5.74) is 6.03. The third kappa shape index (κ3) is 5.55. The van der Waals surface area contributed by atoms with Crippen LogP contribution < -0.4 is 21.1 Å². The Bertz CT molecular complexity index is 957. The summed E-state index contributed by atoms with van der Waals surface area (Å²) in [6, 6.07) is 16.0. The molecule has 0 spiro atoms. The zero-order valence-corrected chi connectivity index (χ0v) is 17.1. The number of nitrogens with zero attached hydrogens (tertiary/aromatic N) is 2. The van der Waals surface area contributed by atoms with Gasteiger partial charge in [-0.1, -0.05) is 55.0 Å². The first-order valence-electron chi connectivity index (χ1n) is 9.30. The molecule has 0 radical (unpaired) electrons. The number of thiazole rings is 1. The molecule has 3 rings (SSSR count). The van der Waals surface area contributed by atoms with Crippen molar-refractivity contribution in [3.8, 4) is 11.3 Å². The monoisotopic (exact) mass is 409 g/mol. The zero-order valence-electron chi connectivity index (χ0n) is 16.3. The molecular formula is C21H23N5O2S. The summed E-state index contributed by atoms with van der Waals surface area (Å²) < 4.78 is 0. The Labute approximate surface area is 173 Å². The maximum Gasteiger partial charge on any atom is 0.347 e. The third-order valence-electron chi connectivity index (χ3n) is 4.01. The number of aromatic nitrogens is 1. The summed E-state index contributed by atoms with van der Waals surface area (Å²) in [5, 5.41) is 8.81. The number of urea groups is 2. The summed E-state index contributed by atoms with van der Waals surface area (Å²) in [7, 11) is 0. The smallest absolute Gasteiger partial charge is 0.337 e. The number of hydrogen-bond acceptors (Lipinski definition) is 4. The number of aryl methyl sites for hydroxylation is 1. The molecule has 1 heterocycles. The van der Waals surface area contributed by atoms with Gasteiger partial charge in [0.15, 0.2) is 0 Å². The fourth-order valence-corrected chi connectivity index (χ4v) is 3.28. The second-order valence-electron chi connectivity index (χ2n) is 6.38. The largest absolute Gasteiger partial charge is 0.347 e. The Morgan fingerprint density at radius 1 is 1.07 bits per heavy atom. The number of nitrogens with one attached hydrogen (secondary N) is 3. The normalized spacial score (nSPS) is 10.3. The van der Waals surface area contributed by atoms with Gasteiger partial charge in [0.25, 0.3) is 0 Å². The van der Waals surface area contributed by atoms with E-state index in [-0.39, 0.29) is 0 Å². The van der Waals surface area contributed by atoms with Gasteiger partial charge in [0.05, 0.1) is 5.69 Å². The summed E-state index contributed by atoms with van der Waals surface area (Å²) in [6.07, 6.45) is 0.790. The van der Waals surface area contributed by atoms with E-state index in [1.807, 2.05) is 61.7 Å². The second-order valence-corrected chi connectivity index (χ2v) is 7.22. The number of rotatable bonds is 5. The van der Waals surface area contributed by atoms with Crippen molar-refractivity contribution in [1.29, 1.82) is 0 Å². The van der Waals surface area contributed by atoms with Gasteiger partial charge in [0.2, 0.25) is 5.13 Å². The van der Waals surface area contributed by atoms with E-state index in [4.69, 9.17) is 0 Å². The average molecular weight is 410 g/mol. The molecule has 3 N–H and O–H groups in total. The highest BCUT2D eigenvalue weighted by molar-refractivity contribution is 7.14. The predicted octanol–water partition coefficient (Wildman–Crippen LogP) is 4.78. The molecule has 0 fully saturated rings. The van der Waals surface area contributed by atoms with E-state index in [0.29, 0.717) is 17.4 Å². The van der Waals surface area contributed by atoms with Crippen LogP contribution in [0.25, 0.3) is 11.3 Å². The maximum absolute atomic E-state index is 12.9. The van der Waals surface area contributed by atoms with Gasteiger partial charge in [0, 0.05) is 23.2 Å². The molecule has 0 aliphatic rings. The van der Waals surface area contributed by atoms with Crippen molar-refractivity contribution in [1.82, 2.24) is 15.7 Å². The van der Waals surface area contributed by atoms with Crippen molar-refractivity contribution >= 4 is 34.2 Å². The fourth-order valence-electron chi connectivity index (χ4n) is 2.49. The van der Waals surface area contributed by atoms with Crippen LogP contribution in [0.15, 0.2) is 60.0 Å². The minimum Gasteiger partial charge on any atom is -0.337 e. The minimum atomic E-state index is -0.507. The molecule has 0 atom stereocenters. The highest BCUT2D eigenvalue weighted by atomic mass is 32.1. The molecule has 0 bridgehead atoms. The first kappa shape index (κ1) is 20.3. The molecule has 150 valence electrons. The Kier molecular flexibility index (Phi) is 6.80. The van der Waals surface area contributed by atoms with Crippen molar-refractivity contribution in [2.45, 2.75) is 20.3 Å². The summed E-state index contributed by atoms with van der Waals surface area (Å²) >= 11 is 1.27. The summed E-state index contributed by atoms with van der Waals surface area (Å²) in [6.45, 7) is 4.48. The third-order valence-corrected chi connectivity index (χ3v) is 4.83. The lowest BCUT2D eigenvalue weighted by atomic mass is 10.1. The van der Waals surface area contributed by atoms with Gasteiger partial charge in [-0.3, -0.25) is 0 Å². The van der Waals surface area contributed by atoms with Gasteiger partial charge in [-0.15, -0.1) is 11.3 Å². The van der Waals surface area contributed by atoms with Crippen LogP contribution in [-0.2, 0) is 0 Å². The van der Waals surface area contributed by atoms with Crippen LogP contribution in [0, 0.1) is 6.92 Å². The van der Waals surface area contributed by atoms with Gasteiger partial charge in [0.1, 0.15) is 0 Å². The first-order chi connectivity index (χ1) is 14.1. The highest BCUT2D eigenvalue weighted by Gasteiger charge is 2.22. The number of carbonyl (C=O) groups excluding carboxylic acids is 2. The Morgan fingerprint density at radius 3 is 2.48 bits per heavy atom. The average Bonchev–Trinajstić information content (AvgIpc) is 3.21. The molecule has 0 unspecified atom stereocenters. The van der Waals surface area contributed by atoms with Crippen LogP contribution in [0.3, 0.4) is 0 Å². The van der Waals surface area contributed by atoms with Crippen LogP contribution in [-0.4, -0.2) is 23.6 Å². The van der Waals surface area contributed by atoms with E-state index in [2.05, 4.69) is 21.0 Å². The van der Waals surface area contributed by atoms with Crippen LogP contribution >= 0.6 is 11.3 Å². The van der Waals surface area contributed by atoms with E-state index < -0.39 is 12.1 Å². The Hall–Kier alpha value is -3.39. The van der Waals surface area contributed by atoms with Gasteiger partial charge in [-0.05, 0) is 25.5 Å². The van der Waals surface area contributed by atoms with Gasteiger partial charge >= 0.3 is 12.1 Å². The quantitative estimate of drug-likeness (QED) is 0.530. The molecule has 7 nitrogen and oxygen atoms in total. The molecule has 2 aromatic carbocycles. The number of hydrazine groups is 1. The molecule has 0 aliphatic heterocycles. The molecule has 3 aromatic rings. The Morgan fingerprint density at radius 2 is 1.79 bits per heavy atom. The lowest BCUT2D eigenvalue weighted by Gasteiger charge is -2.21. The number of para-hydroxylation sites is 1. The molecule has 29 heavy (non-hydrogen) atoms. The predicted molar refractivity (Wildman–Crippen MR) is 117 cm³/mol. The fraction of sp³-hybridized carbons (Fsp3) is 0.190. The van der Waals surface area contributed by atoms with E-state index in [1.54, 1.807) is 12.1 Å².